The molecule has 86 valence electrons. The van der Waals surface area contributed by atoms with Gasteiger partial charge in [0.1, 0.15) is 5.78 Å². The van der Waals surface area contributed by atoms with Gasteiger partial charge in [0.05, 0.1) is 0 Å². The van der Waals surface area contributed by atoms with E-state index in [0.717, 1.165) is 19.3 Å². The number of hydrogen-bond acceptors (Lipinski definition) is 1. The molecule has 1 aromatic rings. The minimum atomic E-state index is -0.0455. The Balaban J connectivity index is 2.26. The molecule has 0 bridgehead atoms. The molecule has 0 spiro atoms. The molecule has 1 nitrogen and oxygen atoms in total. The Morgan fingerprint density at radius 1 is 1.38 bits per heavy atom. The van der Waals surface area contributed by atoms with Crippen molar-refractivity contribution in [2.45, 2.75) is 45.4 Å². The minimum absolute atomic E-state index is 0.0455. The van der Waals surface area contributed by atoms with E-state index < -0.39 is 0 Å². The van der Waals surface area contributed by atoms with E-state index in [2.05, 4.69) is 31.2 Å². The van der Waals surface area contributed by atoms with Crippen LogP contribution in [0.2, 0.25) is 0 Å². The second kappa shape index (κ2) is 4.40. The zero-order chi connectivity index (χ0) is 11.6. The van der Waals surface area contributed by atoms with Crippen LogP contribution < -0.4 is 0 Å². The molecule has 1 heteroatoms. The highest BCUT2D eigenvalue weighted by Gasteiger charge is 2.49. The van der Waals surface area contributed by atoms with Crippen LogP contribution in [0.5, 0.6) is 0 Å². The van der Waals surface area contributed by atoms with Crippen molar-refractivity contribution < 1.29 is 4.79 Å². The first kappa shape index (κ1) is 11.4. The molecular weight excluding hydrogens is 196 g/mol. The molecule has 0 aliphatic heterocycles. The number of carbonyl (C=O) groups excluding carboxylic acids is 1. The number of benzene rings is 1. The van der Waals surface area contributed by atoms with Crippen molar-refractivity contribution in [3.63, 3.8) is 0 Å². The summed E-state index contributed by atoms with van der Waals surface area (Å²) in [6.07, 6.45) is 4.39. The molecule has 1 fully saturated rings. The van der Waals surface area contributed by atoms with Crippen molar-refractivity contribution in [1.29, 1.82) is 0 Å². The molecular formula is C15H20O. The standard InChI is InChI=1S/C15H20O/c1-3-10-15(12(2)16)11-9-14(15)13-7-5-4-6-8-13/h4-8,14H,3,9-11H2,1-2H3. The van der Waals surface area contributed by atoms with Gasteiger partial charge in [-0.3, -0.25) is 4.79 Å². The SMILES string of the molecule is CCCC1(C(C)=O)CCC1c1ccccc1. The smallest absolute Gasteiger partial charge is 0.136 e. The number of Topliss-reactive ketones (excluding diaryl/α,β-unsaturated/α-hetero) is 1. The molecule has 0 heterocycles. The van der Waals surface area contributed by atoms with Crippen molar-refractivity contribution in [3.05, 3.63) is 35.9 Å². The number of hydrogen-bond donors (Lipinski definition) is 0. The molecule has 2 unspecified atom stereocenters. The van der Waals surface area contributed by atoms with Gasteiger partial charge >= 0.3 is 0 Å². The molecule has 0 amide bonds. The van der Waals surface area contributed by atoms with Gasteiger partial charge in [0.2, 0.25) is 0 Å². The Kier molecular flexibility index (Phi) is 3.13. The fourth-order valence-corrected chi connectivity index (χ4v) is 3.15. The highest BCUT2D eigenvalue weighted by Crippen LogP contribution is 2.56. The summed E-state index contributed by atoms with van der Waals surface area (Å²) in [5, 5.41) is 0. The summed E-state index contributed by atoms with van der Waals surface area (Å²) in [4.78, 5) is 11.9. The number of rotatable bonds is 4. The maximum atomic E-state index is 11.9. The number of ketones is 1. The normalized spacial score (nSPS) is 28.5. The van der Waals surface area contributed by atoms with Gasteiger partial charge in [0.15, 0.2) is 0 Å². The van der Waals surface area contributed by atoms with Crippen LogP contribution in [0, 0.1) is 5.41 Å². The van der Waals surface area contributed by atoms with Crippen LogP contribution in [0.3, 0.4) is 0 Å². The molecule has 1 aliphatic rings. The molecule has 1 aromatic carbocycles. The van der Waals surface area contributed by atoms with Gasteiger partial charge in [-0.25, -0.2) is 0 Å². The Hall–Kier alpha value is -1.11. The number of carbonyl (C=O) groups is 1. The zero-order valence-corrected chi connectivity index (χ0v) is 10.2. The molecule has 0 radical (unpaired) electrons. The Labute approximate surface area is 97.9 Å². The quantitative estimate of drug-likeness (QED) is 0.745. The van der Waals surface area contributed by atoms with Gasteiger partial charge in [-0.05, 0) is 37.7 Å². The Morgan fingerprint density at radius 2 is 2.06 bits per heavy atom. The van der Waals surface area contributed by atoms with Crippen molar-refractivity contribution in [2.24, 2.45) is 5.41 Å². The van der Waals surface area contributed by atoms with E-state index in [4.69, 9.17) is 0 Å². The molecule has 0 saturated heterocycles. The van der Waals surface area contributed by atoms with E-state index >= 15 is 0 Å². The van der Waals surface area contributed by atoms with Crippen LogP contribution in [0.4, 0.5) is 0 Å². The predicted molar refractivity (Wildman–Crippen MR) is 66.4 cm³/mol. The van der Waals surface area contributed by atoms with E-state index in [9.17, 15) is 4.79 Å². The Bertz CT molecular complexity index is 368. The van der Waals surface area contributed by atoms with Crippen LogP contribution in [0.15, 0.2) is 30.3 Å². The highest BCUT2D eigenvalue weighted by molar-refractivity contribution is 5.84. The lowest BCUT2D eigenvalue weighted by Crippen LogP contribution is -2.44. The van der Waals surface area contributed by atoms with Crippen LogP contribution in [-0.2, 0) is 4.79 Å². The van der Waals surface area contributed by atoms with Gasteiger partial charge in [-0.15, -0.1) is 0 Å². The lowest BCUT2D eigenvalue weighted by Gasteiger charge is -2.48. The molecule has 16 heavy (non-hydrogen) atoms. The average Bonchev–Trinajstić information content (AvgIpc) is 2.25. The summed E-state index contributed by atoms with van der Waals surface area (Å²) in [5.74, 6) is 0.848. The lowest BCUT2D eigenvalue weighted by molar-refractivity contribution is -0.134. The van der Waals surface area contributed by atoms with Gasteiger partial charge in [-0.2, -0.15) is 0 Å². The lowest BCUT2D eigenvalue weighted by atomic mass is 9.54. The van der Waals surface area contributed by atoms with E-state index in [1.165, 1.54) is 12.0 Å². The fourth-order valence-electron chi connectivity index (χ4n) is 3.15. The molecule has 1 saturated carbocycles. The monoisotopic (exact) mass is 216 g/mol. The second-order valence-electron chi connectivity index (χ2n) is 4.96. The largest absolute Gasteiger partial charge is 0.299 e. The van der Waals surface area contributed by atoms with E-state index in [1.54, 1.807) is 6.92 Å². The van der Waals surface area contributed by atoms with Crippen LogP contribution in [0.1, 0.15) is 51.0 Å². The third kappa shape index (κ3) is 1.68. The summed E-state index contributed by atoms with van der Waals surface area (Å²) in [5.41, 5.74) is 1.30. The first-order valence-electron chi connectivity index (χ1n) is 6.26. The van der Waals surface area contributed by atoms with E-state index in [0.29, 0.717) is 11.7 Å². The summed E-state index contributed by atoms with van der Waals surface area (Å²) < 4.78 is 0. The van der Waals surface area contributed by atoms with Gasteiger partial charge in [0.25, 0.3) is 0 Å². The average molecular weight is 216 g/mol. The molecule has 0 aromatic heterocycles. The van der Waals surface area contributed by atoms with Crippen LogP contribution in [-0.4, -0.2) is 5.78 Å². The predicted octanol–water partition coefficient (Wildman–Crippen LogP) is 3.94. The van der Waals surface area contributed by atoms with Crippen molar-refractivity contribution in [2.75, 3.05) is 0 Å². The summed E-state index contributed by atoms with van der Waals surface area (Å²) in [6, 6.07) is 10.5. The van der Waals surface area contributed by atoms with Crippen LogP contribution >= 0.6 is 0 Å². The third-order valence-corrected chi connectivity index (χ3v) is 4.15. The van der Waals surface area contributed by atoms with E-state index in [-0.39, 0.29) is 5.41 Å². The second-order valence-corrected chi connectivity index (χ2v) is 4.96. The molecule has 1 aliphatic carbocycles. The molecule has 0 N–H and O–H groups in total. The first-order valence-corrected chi connectivity index (χ1v) is 6.26. The van der Waals surface area contributed by atoms with Crippen molar-refractivity contribution in [3.8, 4) is 0 Å². The zero-order valence-electron chi connectivity index (χ0n) is 10.2. The first-order chi connectivity index (χ1) is 7.70. The van der Waals surface area contributed by atoms with E-state index in [1.807, 2.05) is 6.07 Å². The van der Waals surface area contributed by atoms with Gasteiger partial charge in [0, 0.05) is 5.41 Å². The minimum Gasteiger partial charge on any atom is -0.299 e. The molecule has 2 rings (SSSR count). The summed E-state index contributed by atoms with van der Waals surface area (Å²) in [7, 11) is 0. The summed E-state index contributed by atoms with van der Waals surface area (Å²) in [6.45, 7) is 3.94. The third-order valence-electron chi connectivity index (χ3n) is 4.15. The maximum Gasteiger partial charge on any atom is 0.136 e. The Morgan fingerprint density at radius 3 is 2.50 bits per heavy atom. The van der Waals surface area contributed by atoms with Gasteiger partial charge < -0.3 is 0 Å². The fraction of sp³-hybridized carbons (Fsp3) is 0.533. The van der Waals surface area contributed by atoms with Crippen molar-refractivity contribution >= 4 is 5.78 Å². The van der Waals surface area contributed by atoms with Crippen molar-refractivity contribution in [1.82, 2.24) is 0 Å². The summed E-state index contributed by atoms with van der Waals surface area (Å²) >= 11 is 0. The highest BCUT2D eigenvalue weighted by atomic mass is 16.1. The van der Waals surface area contributed by atoms with Crippen LogP contribution in [0.25, 0.3) is 0 Å². The maximum absolute atomic E-state index is 11.9. The topological polar surface area (TPSA) is 17.1 Å². The van der Waals surface area contributed by atoms with Gasteiger partial charge in [-0.1, -0.05) is 43.7 Å². The molecule has 2 atom stereocenters.